The molecule has 0 aliphatic rings. The summed E-state index contributed by atoms with van der Waals surface area (Å²) in [6, 6.07) is 61.1. The molecule has 0 saturated carbocycles. The molecule has 7 aromatic carbocycles. The maximum Gasteiger partial charge on any atom is 0.164 e. The fourth-order valence-corrected chi connectivity index (χ4v) is 7.94. The molecular formula is C46H29N5S. The number of hydrogen-bond donors (Lipinski definition) is 0. The number of benzene rings is 7. The van der Waals surface area contributed by atoms with Gasteiger partial charge in [0.05, 0.1) is 21.3 Å². The molecule has 6 heteroatoms. The second-order valence-corrected chi connectivity index (χ2v) is 13.8. The molecular weight excluding hydrogens is 655 g/mol. The van der Waals surface area contributed by atoms with Crippen molar-refractivity contribution in [2.24, 2.45) is 0 Å². The van der Waals surface area contributed by atoms with Gasteiger partial charge in [0.1, 0.15) is 5.01 Å². The summed E-state index contributed by atoms with van der Waals surface area (Å²) in [4.78, 5) is 19.8. The molecule has 0 aliphatic heterocycles. The monoisotopic (exact) mass is 683 g/mol. The molecule has 0 amide bonds. The van der Waals surface area contributed by atoms with Gasteiger partial charge in [-0.1, -0.05) is 121 Å². The molecule has 0 aliphatic carbocycles. The molecule has 0 radical (unpaired) electrons. The second-order valence-electron chi connectivity index (χ2n) is 12.7. The van der Waals surface area contributed by atoms with E-state index in [-0.39, 0.29) is 0 Å². The highest BCUT2D eigenvalue weighted by Crippen LogP contribution is 2.38. The number of hydrogen-bond acceptors (Lipinski definition) is 5. The van der Waals surface area contributed by atoms with E-state index in [4.69, 9.17) is 19.9 Å². The smallest absolute Gasteiger partial charge is 0.164 e. The third kappa shape index (κ3) is 5.34. The van der Waals surface area contributed by atoms with Crippen LogP contribution in [0.4, 0.5) is 0 Å². The predicted octanol–water partition coefficient (Wildman–Crippen LogP) is 11.9. The Morgan fingerprint density at radius 1 is 0.365 bits per heavy atom. The molecule has 0 spiro atoms. The molecule has 0 bridgehead atoms. The molecule has 0 fully saturated rings. The van der Waals surface area contributed by atoms with E-state index in [9.17, 15) is 0 Å². The molecule has 3 heterocycles. The summed E-state index contributed by atoms with van der Waals surface area (Å²) >= 11 is 1.74. The van der Waals surface area contributed by atoms with Crippen molar-refractivity contribution < 1.29 is 0 Å². The van der Waals surface area contributed by atoms with Crippen LogP contribution in [0.3, 0.4) is 0 Å². The number of rotatable bonds is 6. The van der Waals surface area contributed by atoms with Crippen LogP contribution < -0.4 is 0 Å². The van der Waals surface area contributed by atoms with Crippen LogP contribution in [0, 0.1) is 0 Å². The topological polar surface area (TPSA) is 56.5 Å². The van der Waals surface area contributed by atoms with Crippen LogP contribution in [0.2, 0.25) is 0 Å². The van der Waals surface area contributed by atoms with Gasteiger partial charge in [0.25, 0.3) is 0 Å². The van der Waals surface area contributed by atoms with Crippen molar-refractivity contribution in [3.8, 4) is 61.5 Å². The van der Waals surface area contributed by atoms with Crippen molar-refractivity contribution >= 4 is 43.4 Å². The molecule has 0 N–H and O–H groups in total. The highest BCUT2D eigenvalue weighted by atomic mass is 32.1. The highest BCUT2D eigenvalue weighted by Gasteiger charge is 2.16. The summed E-state index contributed by atoms with van der Waals surface area (Å²) in [6.07, 6.45) is 0. The minimum atomic E-state index is 0.636. The highest BCUT2D eigenvalue weighted by molar-refractivity contribution is 7.21. The summed E-state index contributed by atoms with van der Waals surface area (Å²) in [5.41, 5.74) is 10.6. The third-order valence-corrected chi connectivity index (χ3v) is 10.6. The van der Waals surface area contributed by atoms with Crippen molar-refractivity contribution in [3.63, 3.8) is 0 Å². The predicted molar refractivity (Wildman–Crippen MR) is 215 cm³/mol. The molecule has 0 atom stereocenters. The number of fused-ring (bicyclic) bond motifs is 4. The van der Waals surface area contributed by atoms with E-state index < -0.39 is 0 Å². The average molecular weight is 684 g/mol. The lowest BCUT2D eigenvalue weighted by atomic mass is 10.0. The van der Waals surface area contributed by atoms with E-state index >= 15 is 0 Å². The van der Waals surface area contributed by atoms with Gasteiger partial charge in [-0.3, -0.25) is 0 Å². The van der Waals surface area contributed by atoms with Crippen LogP contribution in [0.5, 0.6) is 0 Å². The van der Waals surface area contributed by atoms with E-state index in [1.54, 1.807) is 11.3 Å². The molecule has 5 nitrogen and oxygen atoms in total. The van der Waals surface area contributed by atoms with Crippen molar-refractivity contribution in [1.82, 2.24) is 24.5 Å². The summed E-state index contributed by atoms with van der Waals surface area (Å²) < 4.78 is 3.56. The fourth-order valence-electron chi connectivity index (χ4n) is 6.98. The Morgan fingerprint density at radius 2 is 0.942 bits per heavy atom. The van der Waals surface area contributed by atoms with Crippen molar-refractivity contribution in [2.75, 3.05) is 0 Å². The van der Waals surface area contributed by atoms with Crippen LogP contribution in [0.15, 0.2) is 176 Å². The normalized spacial score (nSPS) is 11.5. The zero-order valence-electron chi connectivity index (χ0n) is 27.9. The Kier molecular flexibility index (Phi) is 7.25. The molecule has 10 aromatic rings. The van der Waals surface area contributed by atoms with Gasteiger partial charge in [0.2, 0.25) is 0 Å². The van der Waals surface area contributed by atoms with Gasteiger partial charge < -0.3 is 4.57 Å². The van der Waals surface area contributed by atoms with Gasteiger partial charge in [0, 0.05) is 38.7 Å². The van der Waals surface area contributed by atoms with Gasteiger partial charge in [-0.2, -0.15) is 0 Å². The van der Waals surface area contributed by atoms with E-state index in [2.05, 4.69) is 114 Å². The van der Waals surface area contributed by atoms with Crippen molar-refractivity contribution in [1.29, 1.82) is 0 Å². The minimum Gasteiger partial charge on any atom is -0.309 e. The van der Waals surface area contributed by atoms with Gasteiger partial charge in [-0.25, -0.2) is 19.9 Å². The van der Waals surface area contributed by atoms with Gasteiger partial charge in [0.15, 0.2) is 17.5 Å². The average Bonchev–Trinajstić information content (AvgIpc) is 3.81. The lowest BCUT2D eigenvalue weighted by Crippen LogP contribution is -2.00. The summed E-state index contributed by atoms with van der Waals surface area (Å²) in [6.45, 7) is 0. The first kappa shape index (κ1) is 30.1. The van der Waals surface area contributed by atoms with E-state index in [1.807, 2.05) is 66.7 Å². The lowest BCUT2D eigenvalue weighted by Gasteiger charge is -2.12. The lowest BCUT2D eigenvalue weighted by molar-refractivity contribution is 1.07. The number of thiazole rings is 1. The Bertz CT molecular complexity index is 2820. The molecule has 0 unspecified atom stereocenters. The Hall–Kier alpha value is -6.76. The van der Waals surface area contributed by atoms with Gasteiger partial charge >= 0.3 is 0 Å². The Labute approximate surface area is 304 Å². The summed E-state index contributed by atoms with van der Waals surface area (Å²) in [7, 11) is 0. The van der Waals surface area contributed by atoms with Crippen LogP contribution in [0.25, 0.3) is 93.6 Å². The molecule has 3 aromatic heterocycles. The number of aromatic nitrogens is 5. The van der Waals surface area contributed by atoms with Crippen LogP contribution in [-0.4, -0.2) is 24.5 Å². The Balaban J connectivity index is 1.07. The maximum absolute atomic E-state index is 4.97. The van der Waals surface area contributed by atoms with Gasteiger partial charge in [-0.15, -0.1) is 11.3 Å². The summed E-state index contributed by atoms with van der Waals surface area (Å²) in [5, 5.41) is 3.45. The largest absolute Gasteiger partial charge is 0.309 e. The fraction of sp³-hybridized carbons (Fsp3) is 0. The van der Waals surface area contributed by atoms with E-state index in [0.29, 0.717) is 17.5 Å². The first-order chi connectivity index (χ1) is 25.7. The zero-order chi connectivity index (χ0) is 34.4. The van der Waals surface area contributed by atoms with E-state index in [1.165, 1.54) is 15.5 Å². The first-order valence-electron chi connectivity index (χ1n) is 17.2. The number of nitrogens with zero attached hydrogens (tertiary/aromatic N) is 5. The molecule has 244 valence electrons. The summed E-state index contributed by atoms with van der Waals surface area (Å²) in [5.74, 6) is 1.93. The molecule has 10 rings (SSSR count). The third-order valence-electron chi connectivity index (χ3n) is 9.47. The standard InChI is InChI=1S/C46H29N5S/c1-3-13-30(14-4-1)43-48-44(31-15-5-2-6-16-31)50-45(49-43)34-19-11-17-32(27-34)33-18-12-20-36(28-33)51-40-23-9-7-21-37(40)38-29-35(25-26-41(38)51)46-47-39-22-8-10-24-42(39)52-46/h1-29H. The van der Waals surface area contributed by atoms with Crippen LogP contribution >= 0.6 is 11.3 Å². The zero-order valence-corrected chi connectivity index (χ0v) is 28.7. The van der Waals surface area contributed by atoms with Gasteiger partial charge in [-0.05, 0) is 65.7 Å². The number of para-hydroxylation sites is 2. The molecule has 52 heavy (non-hydrogen) atoms. The SMILES string of the molecule is c1ccc(-c2nc(-c3ccccc3)nc(-c3cccc(-c4cccc(-n5c6ccccc6c6cc(-c7nc8ccccc8s7)ccc65)c4)c3)n2)cc1. The Morgan fingerprint density at radius 3 is 1.69 bits per heavy atom. The van der Waals surface area contributed by atoms with Crippen LogP contribution in [-0.2, 0) is 0 Å². The molecule has 0 saturated heterocycles. The van der Waals surface area contributed by atoms with Crippen molar-refractivity contribution in [3.05, 3.63) is 176 Å². The second kappa shape index (κ2) is 12.5. The first-order valence-corrected chi connectivity index (χ1v) is 18.0. The quantitative estimate of drug-likeness (QED) is 0.175. The van der Waals surface area contributed by atoms with E-state index in [0.717, 1.165) is 60.6 Å². The van der Waals surface area contributed by atoms with Crippen molar-refractivity contribution in [2.45, 2.75) is 0 Å². The maximum atomic E-state index is 4.97. The minimum absolute atomic E-state index is 0.636. The van der Waals surface area contributed by atoms with Crippen LogP contribution in [0.1, 0.15) is 0 Å².